The summed E-state index contributed by atoms with van der Waals surface area (Å²) in [6.07, 6.45) is 1.82. The van der Waals surface area contributed by atoms with E-state index in [0.29, 0.717) is 18.2 Å². The second-order valence-electron chi connectivity index (χ2n) is 5.29. The summed E-state index contributed by atoms with van der Waals surface area (Å²) in [6, 6.07) is 18.2. The minimum Gasteiger partial charge on any atom is -0.383 e. The number of nitrogens with zero attached hydrogens (tertiary/aromatic N) is 3. The summed E-state index contributed by atoms with van der Waals surface area (Å²) in [6.45, 7) is 0.672. The molecule has 0 bridgehead atoms. The summed E-state index contributed by atoms with van der Waals surface area (Å²) in [5, 5.41) is 0. The van der Waals surface area contributed by atoms with Crippen LogP contribution in [0.4, 0.5) is 5.82 Å². The van der Waals surface area contributed by atoms with Gasteiger partial charge in [0.25, 0.3) is 0 Å². The number of aromatic nitrogens is 3. The first kappa shape index (κ1) is 13.8. The molecule has 4 rings (SSSR count). The lowest BCUT2D eigenvalue weighted by molar-refractivity contribution is -0.658. The quantitative estimate of drug-likeness (QED) is 0.590. The molecule has 0 atom stereocenters. The Morgan fingerprint density at radius 3 is 2.61 bits per heavy atom. The molecule has 4 aromatic rings. The Hall–Kier alpha value is -2.79. The molecule has 0 radical (unpaired) electrons. The molecule has 23 heavy (non-hydrogen) atoms. The van der Waals surface area contributed by atoms with Crippen LogP contribution in [0.1, 0.15) is 5.56 Å². The normalized spacial score (nSPS) is 11.0. The number of thiazole rings is 1. The Morgan fingerprint density at radius 1 is 1.00 bits per heavy atom. The number of nitrogen functional groups attached to an aromatic ring is 1. The maximum Gasteiger partial charge on any atom is 0.226 e. The zero-order valence-electron chi connectivity index (χ0n) is 12.4. The summed E-state index contributed by atoms with van der Waals surface area (Å²) in [7, 11) is 0. The molecular formula is C18H15N4S+. The van der Waals surface area contributed by atoms with Crippen molar-refractivity contribution in [2.24, 2.45) is 0 Å². The fraction of sp³-hybridized carbons (Fsp3) is 0.0556. The van der Waals surface area contributed by atoms with Crippen molar-refractivity contribution in [3.63, 3.8) is 0 Å². The van der Waals surface area contributed by atoms with E-state index in [4.69, 9.17) is 5.73 Å². The first-order valence-corrected chi connectivity index (χ1v) is 8.22. The van der Waals surface area contributed by atoms with Crippen LogP contribution in [0.15, 0.2) is 66.3 Å². The van der Waals surface area contributed by atoms with Gasteiger partial charge in [-0.25, -0.2) is 9.97 Å². The second kappa shape index (κ2) is 5.78. The number of para-hydroxylation sites is 1. The van der Waals surface area contributed by atoms with Crippen LogP contribution in [-0.2, 0) is 6.54 Å². The SMILES string of the molecule is Nc1nc(-c2ccccc2)ncc1C[n+]1csc2ccccc21. The predicted molar refractivity (Wildman–Crippen MR) is 93.0 cm³/mol. The van der Waals surface area contributed by atoms with Gasteiger partial charge >= 0.3 is 0 Å². The highest BCUT2D eigenvalue weighted by atomic mass is 32.1. The number of rotatable bonds is 3. The van der Waals surface area contributed by atoms with Crippen molar-refractivity contribution in [2.75, 3.05) is 5.73 Å². The van der Waals surface area contributed by atoms with Gasteiger partial charge in [-0.15, -0.1) is 0 Å². The summed E-state index contributed by atoms with van der Waals surface area (Å²) in [5.41, 5.74) is 11.4. The molecule has 0 saturated carbocycles. The van der Waals surface area contributed by atoms with E-state index >= 15 is 0 Å². The lowest BCUT2D eigenvalue weighted by Gasteiger charge is -2.04. The zero-order valence-corrected chi connectivity index (χ0v) is 13.2. The summed E-state index contributed by atoms with van der Waals surface area (Å²) in [4.78, 5) is 8.93. The Labute approximate surface area is 137 Å². The molecule has 2 aromatic carbocycles. The average molecular weight is 319 g/mol. The van der Waals surface area contributed by atoms with Crippen LogP contribution in [0, 0.1) is 0 Å². The lowest BCUT2D eigenvalue weighted by Crippen LogP contribution is -2.32. The Bertz CT molecular complexity index is 963. The van der Waals surface area contributed by atoms with Crippen LogP contribution in [0.25, 0.3) is 21.6 Å². The van der Waals surface area contributed by atoms with Gasteiger partial charge < -0.3 is 5.73 Å². The third-order valence-electron chi connectivity index (χ3n) is 3.75. The molecule has 2 aromatic heterocycles. The predicted octanol–water partition coefficient (Wildman–Crippen LogP) is 3.28. The number of hydrogen-bond acceptors (Lipinski definition) is 4. The molecule has 4 nitrogen and oxygen atoms in total. The minimum atomic E-state index is 0.529. The van der Waals surface area contributed by atoms with Crippen LogP contribution in [-0.4, -0.2) is 9.97 Å². The maximum atomic E-state index is 6.16. The van der Waals surface area contributed by atoms with E-state index in [1.165, 1.54) is 10.2 Å². The first-order chi connectivity index (χ1) is 11.3. The monoisotopic (exact) mass is 319 g/mol. The highest BCUT2D eigenvalue weighted by Gasteiger charge is 2.15. The highest BCUT2D eigenvalue weighted by Crippen LogP contribution is 2.19. The van der Waals surface area contributed by atoms with Crippen molar-refractivity contribution in [3.05, 3.63) is 71.9 Å². The molecule has 2 N–H and O–H groups in total. The van der Waals surface area contributed by atoms with Crippen LogP contribution in [0.2, 0.25) is 0 Å². The van der Waals surface area contributed by atoms with E-state index in [1.54, 1.807) is 11.3 Å². The van der Waals surface area contributed by atoms with Gasteiger partial charge in [0.2, 0.25) is 11.0 Å². The van der Waals surface area contributed by atoms with Crippen LogP contribution in [0.3, 0.4) is 0 Å². The number of nitrogens with two attached hydrogens (primary N) is 1. The fourth-order valence-electron chi connectivity index (χ4n) is 2.55. The average Bonchev–Trinajstić information content (AvgIpc) is 3.01. The summed E-state index contributed by atoms with van der Waals surface area (Å²) in [5.74, 6) is 1.19. The second-order valence-corrected chi connectivity index (χ2v) is 6.18. The number of benzene rings is 2. The molecule has 0 spiro atoms. The lowest BCUT2D eigenvalue weighted by atomic mass is 10.2. The van der Waals surface area contributed by atoms with Gasteiger partial charge in [-0.2, -0.15) is 4.57 Å². The maximum absolute atomic E-state index is 6.16. The summed E-state index contributed by atoms with van der Waals surface area (Å²) < 4.78 is 3.44. The molecule has 0 unspecified atom stereocenters. The molecule has 0 saturated heterocycles. The van der Waals surface area contributed by atoms with Gasteiger partial charge in [0, 0.05) is 17.8 Å². The molecule has 2 heterocycles. The van der Waals surface area contributed by atoms with Crippen molar-refractivity contribution in [1.82, 2.24) is 9.97 Å². The Kier molecular flexibility index (Phi) is 3.48. The Morgan fingerprint density at radius 2 is 1.78 bits per heavy atom. The van der Waals surface area contributed by atoms with Crippen molar-refractivity contribution in [2.45, 2.75) is 6.54 Å². The van der Waals surface area contributed by atoms with Gasteiger partial charge in [-0.3, -0.25) is 0 Å². The molecule has 0 aliphatic rings. The molecule has 5 heteroatoms. The summed E-state index contributed by atoms with van der Waals surface area (Å²) >= 11 is 1.72. The van der Waals surface area contributed by atoms with E-state index in [-0.39, 0.29) is 0 Å². The van der Waals surface area contributed by atoms with Crippen LogP contribution in [0.5, 0.6) is 0 Å². The molecule has 0 aliphatic heterocycles. The molecule has 0 amide bonds. The van der Waals surface area contributed by atoms with Gasteiger partial charge in [-0.1, -0.05) is 53.8 Å². The van der Waals surface area contributed by atoms with Crippen LogP contribution >= 0.6 is 11.3 Å². The zero-order chi connectivity index (χ0) is 15.6. The van der Waals surface area contributed by atoms with Crippen molar-refractivity contribution >= 4 is 27.4 Å². The van der Waals surface area contributed by atoms with Crippen molar-refractivity contribution < 1.29 is 4.57 Å². The molecule has 0 fully saturated rings. The number of hydrogen-bond donors (Lipinski definition) is 1. The Balaban J connectivity index is 1.68. The molecule has 0 aliphatic carbocycles. The third-order valence-corrected chi connectivity index (χ3v) is 4.71. The first-order valence-electron chi connectivity index (χ1n) is 7.34. The highest BCUT2D eigenvalue weighted by molar-refractivity contribution is 7.16. The molecular weight excluding hydrogens is 304 g/mol. The van der Waals surface area contributed by atoms with Crippen molar-refractivity contribution in [1.29, 1.82) is 0 Å². The van der Waals surface area contributed by atoms with E-state index in [0.717, 1.165) is 11.1 Å². The topological polar surface area (TPSA) is 55.7 Å². The smallest absolute Gasteiger partial charge is 0.226 e. The van der Waals surface area contributed by atoms with Gasteiger partial charge in [-0.05, 0) is 6.07 Å². The van der Waals surface area contributed by atoms with Gasteiger partial charge in [0.05, 0.1) is 5.56 Å². The van der Waals surface area contributed by atoms with Crippen molar-refractivity contribution in [3.8, 4) is 11.4 Å². The largest absolute Gasteiger partial charge is 0.383 e. The van der Waals surface area contributed by atoms with E-state index in [2.05, 4.69) is 38.2 Å². The fourth-order valence-corrected chi connectivity index (χ4v) is 3.44. The van der Waals surface area contributed by atoms with E-state index in [1.807, 2.05) is 42.6 Å². The van der Waals surface area contributed by atoms with E-state index < -0.39 is 0 Å². The standard InChI is InChI=1S/C18H15N4S/c19-17-14(10-20-18(21-17)13-6-2-1-3-7-13)11-22-12-23-16-9-5-4-8-15(16)22/h1-10,12H,11H2,(H2,19,20,21)/q+1. The van der Waals surface area contributed by atoms with Gasteiger partial charge in [0.15, 0.2) is 12.4 Å². The third kappa shape index (κ3) is 2.66. The minimum absolute atomic E-state index is 0.529. The number of fused-ring (bicyclic) bond motifs is 1. The van der Waals surface area contributed by atoms with Crippen LogP contribution < -0.4 is 10.3 Å². The number of anilines is 1. The molecule has 112 valence electrons. The van der Waals surface area contributed by atoms with E-state index in [9.17, 15) is 0 Å². The van der Waals surface area contributed by atoms with Gasteiger partial charge in [0.1, 0.15) is 10.5 Å².